The van der Waals surface area contributed by atoms with Crippen molar-refractivity contribution in [1.29, 1.82) is 0 Å². The topological polar surface area (TPSA) is 65.5 Å². The molecule has 1 aromatic heterocycles. The number of pyridine rings is 1. The summed E-state index contributed by atoms with van der Waals surface area (Å²) in [6, 6.07) is 8.68. The molecule has 2 aliphatic rings. The number of rotatable bonds is 8. The summed E-state index contributed by atoms with van der Waals surface area (Å²) in [7, 11) is 0. The number of aliphatic carboxylic acids is 1. The molecule has 1 aromatic carbocycles. The van der Waals surface area contributed by atoms with Gasteiger partial charge in [0.1, 0.15) is 0 Å². The molecule has 26 heavy (non-hydrogen) atoms. The van der Waals surface area contributed by atoms with E-state index >= 15 is 0 Å². The van der Waals surface area contributed by atoms with Gasteiger partial charge in [0.2, 0.25) is 0 Å². The van der Waals surface area contributed by atoms with Crippen LogP contribution in [0.2, 0.25) is 5.02 Å². The molecule has 0 amide bonds. The summed E-state index contributed by atoms with van der Waals surface area (Å²) in [5.41, 5.74) is 2.10. The van der Waals surface area contributed by atoms with Crippen LogP contribution in [-0.2, 0) is 11.3 Å². The summed E-state index contributed by atoms with van der Waals surface area (Å²) in [4.78, 5) is 17.8. The molecule has 0 bridgehead atoms. The molecule has 2 N–H and O–H groups in total. The van der Waals surface area contributed by atoms with E-state index < -0.39 is 5.97 Å². The standard InChI is InChI=1S/C20H24ClN3O2/c21-18-6-5-14(20-17(18)2-1-7-22-20)10-23-15-8-16(9-15)24(12-19(25)26)11-13-3-4-13/h1-2,5-7,13,15-16,23H,3-4,8-12H2,(H,25,26). The fraction of sp³-hybridized carbons (Fsp3) is 0.500. The van der Waals surface area contributed by atoms with Gasteiger partial charge in [-0.25, -0.2) is 0 Å². The Morgan fingerprint density at radius 2 is 2.12 bits per heavy atom. The van der Waals surface area contributed by atoms with Gasteiger partial charge in [0.25, 0.3) is 0 Å². The van der Waals surface area contributed by atoms with E-state index in [4.69, 9.17) is 16.7 Å². The number of nitrogens with zero attached hydrogens (tertiary/aromatic N) is 2. The second-order valence-electron chi connectivity index (χ2n) is 7.58. The van der Waals surface area contributed by atoms with Crippen molar-refractivity contribution in [2.24, 2.45) is 5.92 Å². The Hall–Kier alpha value is -1.69. The van der Waals surface area contributed by atoms with Crippen LogP contribution in [0, 0.1) is 5.92 Å². The van der Waals surface area contributed by atoms with E-state index in [0.717, 1.165) is 47.4 Å². The van der Waals surface area contributed by atoms with Crippen LogP contribution in [0.5, 0.6) is 0 Å². The van der Waals surface area contributed by atoms with Crippen LogP contribution in [0.25, 0.3) is 10.9 Å². The molecule has 0 atom stereocenters. The first-order valence-corrected chi connectivity index (χ1v) is 9.69. The minimum absolute atomic E-state index is 0.166. The summed E-state index contributed by atoms with van der Waals surface area (Å²) in [5, 5.41) is 14.5. The van der Waals surface area contributed by atoms with Crippen molar-refractivity contribution in [3.8, 4) is 0 Å². The molecule has 1 heterocycles. The molecular formula is C20H24ClN3O2. The van der Waals surface area contributed by atoms with Crippen molar-refractivity contribution >= 4 is 28.5 Å². The third kappa shape index (κ3) is 4.00. The van der Waals surface area contributed by atoms with Gasteiger partial charge in [-0.2, -0.15) is 0 Å². The predicted molar refractivity (Wildman–Crippen MR) is 102 cm³/mol. The molecule has 138 valence electrons. The van der Waals surface area contributed by atoms with Crippen LogP contribution in [0.4, 0.5) is 0 Å². The van der Waals surface area contributed by atoms with Gasteiger partial charge in [-0.15, -0.1) is 0 Å². The van der Waals surface area contributed by atoms with Crippen molar-refractivity contribution in [3.05, 3.63) is 41.0 Å². The lowest BCUT2D eigenvalue weighted by Crippen LogP contribution is -2.54. The zero-order chi connectivity index (χ0) is 18.1. The first-order chi connectivity index (χ1) is 12.6. The molecule has 0 aliphatic heterocycles. The summed E-state index contributed by atoms with van der Waals surface area (Å²) >= 11 is 6.26. The minimum Gasteiger partial charge on any atom is -0.480 e. The number of aromatic nitrogens is 1. The van der Waals surface area contributed by atoms with Crippen LogP contribution < -0.4 is 5.32 Å². The number of carboxylic acid groups (broad SMARTS) is 1. The van der Waals surface area contributed by atoms with Gasteiger partial charge in [-0.3, -0.25) is 14.7 Å². The Labute approximate surface area is 158 Å². The van der Waals surface area contributed by atoms with E-state index in [9.17, 15) is 4.79 Å². The number of benzene rings is 1. The van der Waals surface area contributed by atoms with Crippen molar-refractivity contribution in [3.63, 3.8) is 0 Å². The normalized spacial score (nSPS) is 22.5. The lowest BCUT2D eigenvalue weighted by Gasteiger charge is -2.43. The van der Waals surface area contributed by atoms with Gasteiger partial charge in [0.15, 0.2) is 0 Å². The third-order valence-corrected chi connectivity index (χ3v) is 5.87. The number of nitrogens with one attached hydrogen (secondary N) is 1. The maximum absolute atomic E-state index is 11.1. The fourth-order valence-corrected chi connectivity index (χ4v) is 4.01. The highest BCUT2D eigenvalue weighted by Gasteiger charge is 2.36. The Balaban J connectivity index is 1.33. The molecule has 2 aromatic rings. The first-order valence-electron chi connectivity index (χ1n) is 9.31. The van der Waals surface area contributed by atoms with Gasteiger partial charge >= 0.3 is 5.97 Å². The highest BCUT2D eigenvalue weighted by molar-refractivity contribution is 6.35. The van der Waals surface area contributed by atoms with Crippen molar-refractivity contribution in [2.45, 2.75) is 44.3 Å². The van der Waals surface area contributed by atoms with E-state index in [1.54, 1.807) is 6.20 Å². The second kappa shape index (κ2) is 7.51. The third-order valence-electron chi connectivity index (χ3n) is 5.54. The molecule has 2 fully saturated rings. The molecule has 5 nitrogen and oxygen atoms in total. The summed E-state index contributed by atoms with van der Waals surface area (Å²) in [6.45, 7) is 1.86. The maximum Gasteiger partial charge on any atom is 0.317 e. The van der Waals surface area contributed by atoms with Crippen LogP contribution >= 0.6 is 11.6 Å². The highest BCUT2D eigenvalue weighted by Crippen LogP contribution is 2.34. The van der Waals surface area contributed by atoms with Gasteiger partial charge < -0.3 is 10.4 Å². The molecule has 4 rings (SSSR count). The zero-order valence-corrected chi connectivity index (χ0v) is 15.5. The van der Waals surface area contributed by atoms with E-state index in [1.165, 1.54) is 12.8 Å². The number of hydrogen-bond acceptors (Lipinski definition) is 4. The van der Waals surface area contributed by atoms with Crippen molar-refractivity contribution in [1.82, 2.24) is 15.2 Å². The highest BCUT2D eigenvalue weighted by atomic mass is 35.5. The molecule has 2 aliphatic carbocycles. The molecular weight excluding hydrogens is 350 g/mol. The van der Waals surface area contributed by atoms with Gasteiger partial charge in [0.05, 0.1) is 12.1 Å². The lowest BCUT2D eigenvalue weighted by molar-refractivity contribution is -0.139. The van der Waals surface area contributed by atoms with Crippen LogP contribution in [-0.4, -0.2) is 46.1 Å². The van der Waals surface area contributed by atoms with Crippen LogP contribution in [0.3, 0.4) is 0 Å². The largest absolute Gasteiger partial charge is 0.480 e. The SMILES string of the molecule is O=C(O)CN(CC1CC1)C1CC(NCc2ccc(Cl)c3cccnc23)C1. The molecule has 0 radical (unpaired) electrons. The van der Waals surface area contributed by atoms with E-state index in [2.05, 4.69) is 15.2 Å². The summed E-state index contributed by atoms with van der Waals surface area (Å²) < 4.78 is 0. The summed E-state index contributed by atoms with van der Waals surface area (Å²) in [6.07, 6.45) is 6.32. The van der Waals surface area contributed by atoms with Crippen molar-refractivity contribution in [2.75, 3.05) is 13.1 Å². The average Bonchev–Trinajstić information content (AvgIpc) is 3.39. The van der Waals surface area contributed by atoms with Gasteiger partial charge in [-0.1, -0.05) is 17.7 Å². The number of carboxylic acids is 1. The molecule has 6 heteroatoms. The molecule has 0 saturated heterocycles. The van der Waals surface area contributed by atoms with E-state index in [-0.39, 0.29) is 6.54 Å². The fourth-order valence-electron chi connectivity index (χ4n) is 3.79. The predicted octanol–water partition coefficient (Wildman–Crippen LogP) is 3.31. The Bertz CT molecular complexity index is 803. The average molecular weight is 374 g/mol. The Morgan fingerprint density at radius 3 is 2.85 bits per heavy atom. The molecule has 0 unspecified atom stereocenters. The van der Waals surface area contributed by atoms with Crippen LogP contribution in [0.1, 0.15) is 31.2 Å². The van der Waals surface area contributed by atoms with Gasteiger partial charge in [0, 0.05) is 41.8 Å². The Kier molecular flexibility index (Phi) is 5.11. The lowest BCUT2D eigenvalue weighted by atomic mass is 9.85. The Morgan fingerprint density at radius 1 is 1.31 bits per heavy atom. The minimum atomic E-state index is -0.722. The number of fused-ring (bicyclic) bond motifs is 1. The second-order valence-corrected chi connectivity index (χ2v) is 7.98. The molecule has 0 spiro atoms. The number of hydrogen-bond donors (Lipinski definition) is 2. The number of halogens is 1. The zero-order valence-electron chi connectivity index (χ0n) is 14.7. The number of carbonyl (C=O) groups is 1. The monoisotopic (exact) mass is 373 g/mol. The maximum atomic E-state index is 11.1. The molecule has 2 saturated carbocycles. The van der Waals surface area contributed by atoms with E-state index in [1.807, 2.05) is 24.3 Å². The van der Waals surface area contributed by atoms with E-state index in [0.29, 0.717) is 18.0 Å². The first kappa shape index (κ1) is 17.7. The van der Waals surface area contributed by atoms with Crippen LogP contribution in [0.15, 0.2) is 30.5 Å². The smallest absolute Gasteiger partial charge is 0.317 e. The van der Waals surface area contributed by atoms with Crippen molar-refractivity contribution < 1.29 is 9.90 Å². The quantitative estimate of drug-likeness (QED) is 0.743. The summed E-state index contributed by atoms with van der Waals surface area (Å²) in [5.74, 6) is -0.00590. The van der Waals surface area contributed by atoms with Gasteiger partial charge in [-0.05, 0) is 55.4 Å².